The molecule has 2 aromatic rings. The van der Waals surface area contributed by atoms with E-state index in [2.05, 4.69) is 20.5 Å². The standard InChI is InChI=1S/C8H10N6/c1-14-5-6(4-11-14)7-2-3-10-8(12-7)13-9/h2-5H,9H2,1H3,(H,10,12,13). The summed E-state index contributed by atoms with van der Waals surface area (Å²) in [5.41, 5.74) is 4.12. The third kappa shape index (κ3) is 1.55. The molecule has 0 aliphatic carbocycles. The maximum Gasteiger partial charge on any atom is 0.237 e. The Morgan fingerprint density at radius 3 is 3.00 bits per heavy atom. The molecule has 2 heterocycles. The van der Waals surface area contributed by atoms with Crippen LogP contribution < -0.4 is 11.3 Å². The molecular weight excluding hydrogens is 180 g/mol. The van der Waals surface area contributed by atoms with Gasteiger partial charge in [0, 0.05) is 25.0 Å². The molecule has 14 heavy (non-hydrogen) atoms. The predicted molar refractivity (Wildman–Crippen MR) is 52.0 cm³/mol. The number of nitrogens with one attached hydrogen (secondary N) is 1. The van der Waals surface area contributed by atoms with Crippen LogP contribution in [0.2, 0.25) is 0 Å². The molecule has 2 aromatic heterocycles. The van der Waals surface area contributed by atoms with Crippen molar-refractivity contribution in [3.8, 4) is 11.3 Å². The van der Waals surface area contributed by atoms with E-state index in [4.69, 9.17) is 5.84 Å². The molecule has 0 amide bonds. The van der Waals surface area contributed by atoms with Crippen molar-refractivity contribution in [1.82, 2.24) is 19.7 Å². The molecule has 0 atom stereocenters. The van der Waals surface area contributed by atoms with Crippen molar-refractivity contribution >= 4 is 5.95 Å². The SMILES string of the molecule is Cn1cc(-c2ccnc(NN)n2)cn1. The summed E-state index contributed by atoms with van der Waals surface area (Å²) in [5, 5.41) is 4.05. The fraction of sp³-hybridized carbons (Fsp3) is 0.125. The minimum atomic E-state index is 0.395. The van der Waals surface area contributed by atoms with Crippen LogP contribution in [0.15, 0.2) is 24.7 Å². The van der Waals surface area contributed by atoms with Crippen molar-refractivity contribution in [1.29, 1.82) is 0 Å². The Bertz CT molecular complexity index is 435. The van der Waals surface area contributed by atoms with E-state index in [1.54, 1.807) is 23.1 Å². The van der Waals surface area contributed by atoms with Crippen LogP contribution in [0.3, 0.4) is 0 Å². The Balaban J connectivity index is 2.41. The lowest BCUT2D eigenvalue weighted by molar-refractivity contribution is 0.768. The summed E-state index contributed by atoms with van der Waals surface area (Å²) in [6.45, 7) is 0. The Morgan fingerprint density at radius 1 is 1.50 bits per heavy atom. The van der Waals surface area contributed by atoms with E-state index in [9.17, 15) is 0 Å². The molecule has 0 saturated carbocycles. The number of nitrogen functional groups attached to an aromatic ring is 1. The molecule has 0 bridgehead atoms. The van der Waals surface area contributed by atoms with Gasteiger partial charge in [-0.3, -0.25) is 10.1 Å². The van der Waals surface area contributed by atoms with Crippen molar-refractivity contribution in [2.45, 2.75) is 0 Å². The zero-order chi connectivity index (χ0) is 9.97. The molecule has 6 nitrogen and oxygen atoms in total. The molecular formula is C8H10N6. The van der Waals surface area contributed by atoms with Crippen LogP contribution in [0.4, 0.5) is 5.95 Å². The zero-order valence-corrected chi connectivity index (χ0v) is 7.68. The molecule has 0 unspecified atom stereocenters. The first-order valence-electron chi connectivity index (χ1n) is 4.08. The Kier molecular flexibility index (Phi) is 2.11. The maximum absolute atomic E-state index is 5.21. The van der Waals surface area contributed by atoms with Gasteiger partial charge in [0.15, 0.2) is 0 Å². The molecule has 0 aliphatic heterocycles. The monoisotopic (exact) mass is 190 g/mol. The molecule has 0 saturated heterocycles. The van der Waals surface area contributed by atoms with Crippen molar-refractivity contribution < 1.29 is 0 Å². The highest BCUT2D eigenvalue weighted by Crippen LogP contribution is 2.15. The second kappa shape index (κ2) is 3.43. The summed E-state index contributed by atoms with van der Waals surface area (Å²) in [4.78, 5) is 8.09. The molecule has 0 aromatic carbocycles. The Hall–Kier alpha value is -1.95. The average Bonchev–Trinajstić information content (AvgIpc) is 2.65. The van der Waals surface area contributed by atoms with Crippen LogP contribution in [-0.4, -0.2) is 19.7 Å². The van der Waals surface area contributed by atoms with E-state index in [0.29, 0.717) is 5.95 Å². The lowest BCUT2D eigenvalue weighted by atomic mass is 10.2. The number of hydrogen-bond donors (Lipinski definition) is 2. The number of hydrazine groups is 1. The van der Waals surface area contributed by atoms with E-state index in [-0.39, 0.29) is 0 Å². The summed E-state index contributed by atoms with van der Waals surface area (Å²) in [5.74, 6) is 5.60. The molecule has 0 fully saturated rings. The van der Waals surface area contributed by atoms with Gasteiger partial charge in [-0.05, 0) is 6.07 Å². The van der Waals surface area contributed by atoms with E-state index >= 15 is 0 Å². The van der Waals surface area contributed by atoms with E-state index in [1.165, 1.54) is 0 Å². The number of hydrogen-bond acceptors (Lipinski definition) is 5. The van der Waals surface area contributed by atoms with Gasteiger partial charge >= 0.3 is 0 Å². The van der Waals surface area contributed by atoms with E-state index in [1.807, 2.05) is 13.2 Å². The van der Waals surface area contributed by atoms with Crippen LogP contribution in [0.5, 0.6) is 0 Å². The van der Waals surface area contributed by atoms with E-state index in [0.717, 1.165) is 11.3 Å². The van der Waals surface area contributed by atoms with Crippen LogP contribution in [0.1, 0.15) is 0 Å². The smallest absolute Gasteiger partial charge is 0.237 e. The molecule has 3 N–H and O–H groups in total. The average molecular weight is 190 g/mol. The van der Waals surface area contributed by atoms with Crippen LogP contribution >= 0.6 is 0 Å². The third-order valence-electron chi connectivity index (χ3n) is 1.79. The van der Waals surface area contributed by atoms with Gasteiger partial charge in [-0.15, -0.1) is 0 Å². The fourth-order valence-corrected chi connectivity index (χ4v) is 1.14. The summed E-state index contributed by atoms with van der Waals surface area (Å²) in [6, 6.07) is 1.80. The van der Waals surface area contributed by atoms with Gasteiger partial charge < -0.3 is 0 Å². The topological polar surface area (TPSA) is 81.7 Å². The summed E-state index contributed by atoms with van der Waals surface area (Å²) >= 11 is 0. The first-order chi connectivity index (χ1) is 6.79. The molecule has 72 valence electrons. The predicted octanol–water partition coefficient (Wildman–Crippen LogP) is 0.163. The van der Waals surface area contributed by atoms with Crippen LogP contribution in [0.25, 0.3) is 11.3 Å². The van der Waals surface area contributed by atoms with Crippen molar-refractivity contribution in [3.05, 3.63) is 24.7 Å². The second-order valence-electron chi connectivity index (χ2n) is 2.81. The van der Waals surface area contributed by atoms with Crippen molar-refractivity contribution in [3.63, 3.8) is 0 Å². The second-order valence-corrected chi connectivity index (χ2v) is 2.81. The number of anilines is 1. The number of aromatic nitrogens is 4. The van der Waals surface area contributed by atoms with Crippen LogP contribution in [-0.2, 0) is 7.05 Å². The highest BCUT2D eigenvalue weighted by molar-refractivity contribution is 5.57. The van der Waals surface area contributed by atoms with Gasteiger partial charge in [-0.1, -0.05) is 0 Å². The van der Waals surface area contributed by atoms with E-state index < -0.39 is 0 Å². The first-order valence-corrected chi connectivity index (χ1v) is 4.08. The normalized spacial score (nSPS) is 10.1. The quantitative estimate of drug-likeness (QED) is 0.521. The number of nitrogens with two attached hydrogens (primary N) is 1. The van der Waals surface area contributed by atoms with Gasteiger partial charge in [0.25, 0.3) is 0 Å². The van der Waals surface area contributed by atoms with Crippen molar-refractivity contribution in [2.24, 2.45) is 12.9 Å². The number of rotatable bonds is 2. The maximum atomic E-state index is 5.21. The molecule has 6 heteroatoms. The van der Waals surface area contributed by atoms with Gasteiger partial charge in [0.05, 0.1) is 11.9 Å². The van der Waals surface area contributed by atoms with Gasteiger partial charge in [0.1, 0.15) is 0 Å². The minimum absolute atomic E-state index is 0.395. The Labute approximate surface area is 80.8 Å². The fourth-order valence-electron chi connectivity index (χ4n) is 1.14. The summed E-state index contributed by atoms with van der Waals surface area (Å²) in [6.07, 6.45) is 5.26. The van der Waals surface area contributed by atoms with Gasteiger partial charge in [0.2, 0.25) is 5.95 Å². The number of nitrogens with zero attached hydrogens (tertiary/aromatic N) is 4. The lowest BCUT2D eigenvalue weighted by Gasteiger charge is -1.99. The molecule has 0 radical (unpaired) electrons. The zero-order valence-electron chi connectivity index (χ0n) is 7.68. The molecule has 2 rings (SSSR count). The lowest BCUT2D eigenvalue weighted by Crippen LogP contribution is -2.10. The highest BCUT2D eigenvalue weighted by Gasteiger charge is 2.02. The van der Waals surface area contributed by atoms with Gasteiger partial charge in [-0.25, -0.2) is 15.8 Å². The number of aryl methyl sites for hydroxylation is 1. The van der Waals surface area contributed by atoms with Crippen molar-refractivity contribution in [2.75, 3.05) is 5.43 Å². The highest BCUT2D eigenvalue weighted by atomic mass is 15.3. The first kappa shape index (κ1) is 8.64. The molecule has 0 spiro atoms. The Morgan fingerprint density at radius 2 is 2.36 bits per heavy atom. The van der Waals surface area contributed by atoms with Gasteiger partial charge in [-0.2, -0.15) is 5.10 Å². The summed E-state index contributed by atoms with van der Waals surface area (Å²) in [7, 11) is 1.85. The largest absolute Gasteiger partial charge is 0.292 e. The van der Waals surface area contributed by atoms with Crippen LogP contribution in [0, 0.1) is 0 Å². The summed E-state index contributed by atoms with van der Waals surface area (Å²) < 4.78 is 1.72. The molecule has 0 aliphatic rings. The third-order valence-corrected chi connectivity index (χ3v) is 1.79. The minimum Gasteiger partial charge on any atom is -0.292 e.